The van der Waals surface area contributed by atoms with Crippen LogP contribution in [0.3, 0.4) is 0 Å². The molecular weight excluding hydrogens is 442 g/mol. The summed E-state index contributed by atoms with van der Waals surface area (Å²) in [5.74, 6) is 1.70. The number of aryl methyl sites for hydroxylation is 1. The number of rotatable bonds is 4. The first-order valence-electron chi connectivity index (χ1n) is 11.5. The van der Waals surface area contributed by atoms with Crippen molar-refractivity contribution in [1.29, 1.82) is 0 Å². The van der Waals surface area contributed by atoms with Gasteiger partial charge in [0.05, 0.1) is 35.1 Å². The molecule has 2 aliphatic heterocycles. The molecule has 1 amide bonds. The third-order valence-corrected chi connectivity index (χ3v) is 8.84. The van der Waals surface area contributed by atoms with Crippen LogP contribution in [0, 0.1) is 0 Å². The van der Waals surface area contributed by atoms with Crippen LogP contribution >= 0.6 is 10.6 Å². The molecule has 178 valence electrons. The van der Waals surface area contributed by atoms with Gasteiger partial charge in [0.2, 0.25) is 0 Å². The van der Waals surface area contributed by atoms with Crippen LogP contribution in [-0.2, 0) is 13.0 Å². The summed E-state index contributed by atoms with van der Waals surface area (Å²) in [4.78, 5) is 18.5. The first kappa shape index (κ1) is 22.2. The highest BCUT2D eigenvalue weighted by atomic mass is 32.3. The van der Waals surface area contributed by atoms with Gasteiger partial charge in [0.15, 0.2) is 0 Å². The molecule has 33 heavy (non-hydrogen) atoms. The summed E-state index contributed by atoms with van der Waals surface area (Å²) in [7, 11) is -2.62. The van der Waals surface area contributed by atoms with Crippen LogP contribution in [0.1, 0.15) is 56.5 Å². The standard InChI is InChI=1S/C23H31N5O4S/c1-15(13-26-11-4-10-24-26)22-25-21-18-7-6-16(2)27(23(29)30)19(18)8-9-20(21)28(22)17-5-3-12-33(31,32)14-17/h4,8-11,15-17,31-32H,3,5-7,12-14H2,1-2H3,(H,29,30). The molecule has 0 saturated carbocycles. The number of anilines is 1. The Balaban J connectivity index is 1.66. The van der Waals surface area contributed by atoms with E-state index in [0.717, 1.165) is 48.1 Å². The van der Waals surface area contributed by atoms with Gasteiger partial charge in [-0.25, -0.2) is 9.78 Å². The summed E-state index contributed by atoms with van der Waals surface area (Å²) >= 11 is 0. The molecule has 1 saturated heterocycles. The van der Waals surface area contributed by atoms with Gasteiger partial charge >= 0.3 is 6.09 Å². The lowest BCUT2D eigenvalue weighted by Crippen LogP contribution is -2.41. The number of aromatic nitrogens is 4. The van der Waals surface area contributed by atoms with Gasteiger partial charge in [0.25, 0.3) is 0 Å². The van der Waals surface area contributed by atoms with Crippen molar-refractivity contribution in [1.82, 2.24) is 19.3 Å². The van der Waals surface area contributed by atoms with E-state index in [-0.39, 0.29) is 18.0 Å². The second kappa shape index (κ2) is 8.34. The second-order valence-corrected chi connectivity index (χ2v) is 11.8. The van der Waals surface area contributed by atoms with E-state index in [2.05, 4.69) is 16.6 Å². The Labute approximate surface area is 194 Å². The molecule has 3 atom stereocenters. The summed E-state index contributed by atoms with van der Waals surface area (Å²) in [5, 5.41) is 14.2. The lowest BCUT2D eigenvalue weighted by Gasteiger charge is -2.41. The number of nitrogens with zero attached hydrogens (tertiary/aromatic N) is 5. The Bertz CT molecular complexity index is 1180. The third-order valence-electron chi connectivity index (χ3n) is 6.98. The smallest absolute Gasteiger partial charge is 0.412 e. The number of imidazole rings is 1. The summed E-state index contributed by atoms with van der Waals surface area (Å²) in [6, 6.07) is 5.60. The van der Waals surface area contributed by atoms with Crippen molar-refractivity contribution in [2.75, 3.05) is 16.4 Å². The van der Waals surface area contributed by atoms with E-state index in [0.29, 0.717) is 23.7 Å². The van der Waals surface area contributed by atoms with Crippen molar-refractivity contribution in [3.05, 3.63) is 42.0 Å². The van der Waals surface area contributed by atoms with Gasteiger partial charge in [0, 0.05) is 35.7 Å². The van der Waals surface area contributed by atoms with E-state index in [1.807, 2.05) is 36.0 Å². The molecule has 0 bridgehead atoms. The molecule has 1 aromatic carbocycles. The van der Waals surface area contributed by atoms with Gasteiger partial charge in [-0.15, -0.1) is 0 Å². The number of benzene rings is 1. The number of hydrogen-bond acceptors (Lipinski definition) is 5. The largest absolute Gasteiger partial charge is 0.465 e. The summed E-state index contributed by atoms with van der Waals surface area (Å²) < 4.78 is 25.1. The molecule has 2 aliphatic rings. The molecule has 2 aromatic heterocycles. The van der Waals surface area contributed by atoms with Crippen molar-refractivity contribution in [2.45, 2.75) is 64.1 Å². The first-order valence-corrected chi connectivity index (χ1v) is 13.4. The lowest BCUT2D eigenvalue weighted by atomic mass is 9.95. The maximum atomic E-state index is 12.0. The molecule has 10 heteroatoms. The Kier molecular flexibility index (Phi) is 5.62. The average molecular weight is 474 g/mol. The lowest BCUT2D eigenvalue weighted by molar-refractivity contribution is 0.198. The summed E-state index contributed by atoms with van der Waals surface area (Å²) in [6.07, 6.45) is 5.86. The summed E-state index contributed by atoms with van der Waals surface area (Å²) in [6.45, 7) is 4.70. The average Bonchev–Trinajstić information content (AvgIpc) is 3.39. The van der Waals surface area contributed by atoms with Gasteiger partial charge in [-0.3, -0.25) is 18.7 Å². The molecule has 9 nitrogen and oxygen atoms in total. The fourth-order valence-corrected chi connectivity index (χ4v) is 7.17. The topological polar surface area (TPSA) is 117 Å². The second-order valence-electron chi connectivity index (χ2n) is 9.41. The molecule has 3 aromatic rings. The molecular formula is C23H31N5O4S. The van der Waals surface area contributed by atoms with Crippen LogP contribution in [0.15, 0.2) is 30.6 Å². The number of hydrogen-bond donors (Lipinski definition) is 3. The van der Waals surface area contributed by atoms with Crippen LogP contribution in [-0.4, -0.2) is 57.2 Å². The minimum Gasteiger partial charge on any atom is -0.465 e. The number of carbonyl (C=O) groups is 1. The van der Waals surface area contributed by atoms with Gasteiger partial charge < -0.3 is 9.67 Å². The zero-order chi connectivity index (χ0) is 23.3. The minimum atomic E-state index is -2.62. The fraction of sp³-hybridized carbons (Fsp3) is 0.522. The maximum Gasteiger partial charge on any atom is 0.412 e. The zero-order valence-corrected chi connectivity index (χ0v) is 19.8. The Hall–Kier alpha value is -2.56. The van der Waals surface area contributed by atoms with Gasteiger partial charge in [-0.05, 0) is 50.8 Å². The minimum absolute atomic E-state index is 0.0368. The SMILES string of the molecule is CC(Cn1cccn1)c1nc2c3c(ccc2n1C1CCCS(O)(O)C1)N(C(=O)O)C(C)CC3. The predicted molar refractivity (Wildman–Crippen MR) is 130 cm³/mol. The van der Waals surface area contributed by atoms with Crippen molar-refractivity contribution in [2.24, 2.45) is 0 Å². The molecule has 5 rings (SSSR count). The highest BCUT2D eigenvalue weighted by molar-refractivity contribution is 8.24. The van der Waals surface area contributed by atoms with E-state index in [1.54, 1.807) is 6.20 Å². The van der Waals surface area contributed by atoms with Crippen LogP contribution in [0.5, 0.6) is 0 Å². The van der Waals surface area contributed by atoms with Crippen molar-refractivity contribution >= 4 is 33.4 Å². The van der Waals surface area contributed by atoms with E-state index < -0.39 is 16.7 Å². The third kappa shape index (κ3) is 4.00. The monoisotopic (exact) mass is 473 g/mol. The molecule has 0 aliphatic carbocycles. The predicted octanol–water partition coefficient (Wildman–Crippen LogP) is 4.94. The van der Waals surface area contributed by atoms with E-state index in [1.165, 1.54) is 4.90 Å². The van der Waals surface area contributed by atoms with Crippen molar-refractivity contribution < 1.29 is 19.0 Å². The van der Waals surface area contributed by atoms with Crippen LogP contribution in [0.4, 0.5) is 10.5 Å². The van der Waals surface area contributed by atoms with E-state index in [9.17, 15) is 19.0 Å². The normalized spacial score (nSPS) is 24.4. The molecule has 1 fully saturated rings. The Morgan fingerprint density at radius 3 is 2.82 bits per heavy atom. The molecule has 4 heterocycles. The molecule has 3 unspecified atom stereocenters. The number of fused-ring (bicyclic) bond motifs is 3. The summed E-state index contributed by atoms with van der Waals surface area (Å²) in [5.41, 5.74) is 3.44. The maximum absolute atomic E-state index is 12.0. The van der Waals surface area contributed by atoms with E-state index in [4.69, 9.17) is 4.98 Å². The highest BCUT2D eigenvalue weighted by Crippen LogP contribution is 2.49. The Morgan fingerprint density at radius 1 is 1.30 bits per heavy atom. The zero-order valence-electron chi connectivity index (χ0n) is 19.0. The van der Waals surface area contributed by atoms with Gasteiger partial charge in [0.1, 0.15) is 5.82 Å². The first-order chi connectivity index (χ1) is 15.7. The van der Waals surface area contributed by atoms with Gasteiger partial charge in [-0.2, -0.15) is 15.7 Å². The van der Waals surface area contributed by atoms with Crippen LogP contribution < -0.4 is 4.90 Å². The molecule has 0 radical (unpaired) electrons. The van der Waals surface area contributed by atoms with Crippen molar-refractivity contribution in [3.63, 3.8) is 0 Å². The fourth-order valence-electron chi connectivity index (χ4n) is 5.44. The number of carboxylic acid groups (broad SMARTS) is 1. The molecule has 0 spiro atoms. The molecule has 3 N–H and O–H groups in total. The number of amides is 1. The van der Waals surface area contributed by atoms with Crippen molar-refractivity contribution in [3.8, 4) is 0 Å². The Morgan fingerprint density at radius 2 is 2.12 bits per heavy atom. The van der Waals surface area contributed by atoms with Crippen LogP contribution in [0.25, 0.3) is 11.0 Å². The van der Waals surface area contributed by atoms with E-state index >= 15 is 0 Å². The van der Waals surface area contributed by atoms with Gasteiger partial charge in [-0.1, -0.05) is 6.92 Å². The quantitative estimate of drug-likeness (QED) is 0.494. The van der Waals surface area contributed by atoms with Crippen LogP contribution in [0.2, 0.25) is 0 Å². The highest BCUT2D eigenvalue weighted by Gasteiger charge is 2.34.